The second-order valence-electron chi connectivity index (χ2n) is 3.69. The van der Waals surface area contributed by atoms with Gasteiger partial charge in [0.1, 0.15) is 0 Å². The Hall–Kier alpha value is -1.23. The lowest BCUT2D eigenvalue weighted by Crippen LogP contribution is -2.51. The van der Waals surface area contributed by atoms with Gasteiger partial charge in [0.2, 0.25) is 5.95 Å². The molecule has 1 aliphatic rings. The predicted octanol–water partition coefficient (Wildman–Crippen LogP) is 0.909. The molecule has 1 aromatic heterocycles. The van der Waals surface area contributed by atoms with Crippen molar-refractivity contribution in [2.24, 2.45) is 5.73 Å². The SMILES string of the molecule is NCC1(Nc2ncc(F)cn2)CCC1. The zero-order valence-electron chi connectivity index (χ0n) is 7.83. The Morgan fingerprint density at radius 2 is 2.07 bits per heavy atom. The van der Waals surface area contributed by atoms with Crippen molar-refractivity contribution in [2.75, 3.05) is 11.9 Å². The first kappa shape index (κ1) is 9.33. The Bertz CT molecular complexity index is 302. The number of hydrogen-bond acceptors (Lipinski definition) is 4. The first-order valence-electron chi connectivity index (χ1n) is 4.70. The molecule has 0 radical (unpaired) electrons. The molecule has 3 N–H and O–H groups in total. The monoisotopic (exact) mass is 196 g/mol. The molecule has 1 saturated carbocycles. The summed E-state index contributed by atoms with van der Waals surface area (Å²) in [5.41, 5.74) is 5.60. The number of anilines is 1. The molecular formula is C9H13FN4. The van der Waals surface area contributed by atoms with Gasteiger partial charge in [-0.1, -0.05) is 0 Å². The van der Waals surface area contributed by atoms with Gasteiger partial charge in [0.25, 0.3) is 0 Å². The van der Waals surface area contributed by atoms with E-state index in [4.69, 9.17) is 5.73 Å². The molecular weight excluding hydrogens is 183 g/mol. The van der Waals surface area contributed by atoms with E-state index in [9.17, 15) is 4.39 Å². The fraction of sp³-hybridized carbons (Fsp3) is 0.556. The molecule has 0 saturated heterocycles. The van der Waals surface area contributed by atoms with Crippen LogP contribution in [0.1, 0.15) is 19.3 Å². The van der Waals surface area contributed by atoms with Gasteiger partial charge in [0, 0.05) is 6.54 Å². The maximum absolute atomic E-state index is 12.5. The zero-order valence-corrected chi connectivity index (χ0v) is 7.83. The largest absolute Gasteiger partial charge is 0.348 e. The zero-order chi connectivity index (χ0) is 10.0. The van der Waals surface area contributed by atoms with Crippen LogP contribution in [-0.2, 0) is 0 Å². The molecule has 1 aliphatic carbocycles. The van der Waals surface area contributed by atoms with Crippen molar-refractivity contribution in [1.82, 2.24) is 9.97 Å². The van der Waals surface area contributed by atoms with E-state index in [2.05, 4.69) is 15.3 Å². The van der Waals surface area contributed by atoms with Crippen LogP contribution in [0.2, 0.25) is 0 Å². The average molecular weight is 196 g/mol. The number of halogens is 1. The third kappa shape index (κ3) is 1.68. The van der Waals surface area contributed by atoms with Gasteiger partial charge in [0.15, 0.2) is 5.82 Å². The number of nitrogens with one attached hydrogen (secondary N) is 1. The molecule has 0 unspecified atom stereocenters. The van der Waals surface area contributed by atoms with E-state index in [1.165, 1.54) is 6.42 Å². The Kier molecular flexibility index (Phi) is 2.33. The number of hydrogen-bond donors (Lipinski definition) is 2. The van der Waals surface area contributed by atoms with Gasteiger partial charge < -0.3 is 11.1 Å². The van der Waals surface area contributed by atoms with E-state index in [0.717, 1.165) is 25.2 Å². The minimum atomic E-state index is -0.425. The number of nitrogens with zero attached hydrogens (tertiary/aromatic N) is 2. The van der Waals surface area contributed by atoms with Crippen LogP contribution in [0.3, 0.4) is 0 Å². The molecule has 0 aliphatic heterocycles. The van der Waals surface area contributed by atoms with Crippen LogP contribution in [0.25, 0.3) is 0 Å². The van der Waals surface area contributed by atoms with Gasteiger partial charge >= 0.3 is 0 Å². The number of nitrogens with two attached hydrogens (primary N) is 1. The Labute approximate surface area is 81.7 Å². The summed E-state index contributed by atoms with van der Waals surface area (Å²) in [6, 6.07) is 0. The van der Waals surface area contributed by atoms with Crippen molar-refractivity contribution in [1.29, 1.82) is 0 Å². The van der Waals surface area contributed by atoms with Crippen molar-refractivity contribution in [2.45, 2.75) is 24.8 Å². The average Bonchev–Trinajstić information content (AvgIpc) is 2.15. The van der Waals surface area contributed by atoms with Crippen LogP contribution in [0.4, 0.5) is 10.3 Å². The minimum Gasteiger partial charge on any atom is -0.348 e. The molecule has 0 bridgehead atoms. The molecule has 76 valence electrons. The number of rotatable bonds is 3. The van der Waals surface area contributed by atoms with Crippen LogP contribution >= 0.6 is 0 Å². The third-order valence-corrected chi connectivity index (χ3v) is 2.70. The normalized spacial score (nSPS) is 18.7. The third-order valence-electron chi connectivity index (χ3n) is 2.70. The van der Waals surface area contributed by atoms with Gasteiger partial charge in [-0.2, -0.15) is 0 Å². The fourth-order valence-electron chi connectivity index (χ4n) is 1.60. The van der Waals surface area contributed by atoms with E-state index < -0.39 is 5.82 Å². The van der Waals surface area contributed by atoms with E-state index in [-0.39, 0.29) is 5.54 Å². The maximum Gasteiger partial charge on any atom is 0.223 e. The maximum atomic E-state index is 12.5. The van der Waals surface area contributed by atoms with Gasteiger partial charge in [-0.05, 0) is 19.3 Å². The number of aromatic nitrogens is 2. The molecule has 4 nitrogen and oxygen atoms in total. The van der Waals surface area contributed by atoms with Crippen LogP contribution in [0.5, 0.6) is 0 Å². The van der Waals surface area contributed by atoms with Gasteiger partial charge in [-0.15, -0.1) is 0 Å². The van der Waals surface area contributed by atoms with E-state index >= 15 is 0 Å². The Morgan fingerprint density at radius 1 is 1.43 bits per heavy atom. The molecule has 0 aromatic carbocycles. The van der Waals surface area contributed by atoms with Crippen LogP contribution in [0.15, 0.2) is 12.4 Å². The van der Waals surface area contributed by atoms with Crippen molar-refractivity contribution in [3.8, 4) is 0 Å². The minimum absolute atomic E-state index is 0.0577. The fourth-order valence-corrected chi connectivity index (χ4v) is 1.60. The first-order chi connectivity index (χ1) is 6.74. The Balaban J connectivity index is 2.06. The smallest absolute Gasteiger partial charge is 0.223 e. The summed E-state index contributed by atoms with van der Waals surface area (Å²) in [5, 5.41) is 3.15. The lowest BCUT2D eigenvalue weighted by Gasteiger charge is -2.41. The van der Waals surface area contributed by atoms with Crippen molar-refractivity contribution < 1.29 is 4.39 Å². The molecule has 0 atom stereocenters. The summed E-state index contributed by atoms with van der Waals surface area (Å²) >= 11 is 0. The predicted molar refractivity (Wildman–Crippen MR) is 51.2 cm³/mol. The van der Waals surface area contributed by atoms with Crippen LogP contribution in [0, 0.1) is 5.82 Å². The summed E-state index contributed by atoms with van der Waals surface area (Å²) in [6.07, 6.45) is 5.54. The van der Waals surface area contributed by atoms with Gasteiger partial charge in [-0.25, -0.2) is 14.4 Å². The summed E-state index contributed by atoms with van der Waals surface area (Å²) in [5.74, 6) is 0.0301. The highest BCUT2D eigenvalue weighted by molar-refractivity contribution is 5.30. The topological polar surface area (TPSA) is 63.8 Å². The highest BCUT2D eigenvalue weighted by Gasteiger charge is 2.35. The Morgan fingerprint density at radius 3 is 2.50 bits per heavy atom. The lowest BCUT2D eigenvalue weighted by atomic mass is 9.77. The van der Waals surface area contributed by atoms with Gasteiger partial charge in [0.05, 0.1) is 17.9 Å². The van der Waals surface area contributed by atoms with E-state index in [1.54, 1.807) is 0 Å². The highest BCUT2D eigenvalue weighted by Crippen LogP contribution is 2.33. The quantitative estimate of drug-likeness (QED) is 0.754. The molecule has 1 aromatic rings. The highest BCUT2D eigenvalue weighted by atomic mass is 19.1. The van der Waals surface area contributed by atoms with Crippen LogP contribution in [-0.4, -0.2) is 22.1 Å². The molecule has 2 rings (SSSR count). The van der Waals surface area contributed by atoms with E-state index in [0.29, 0.717) is 12.5 Å². The second-order valence-corrected chi connectivity index (χ2v) is 3.69. The van der Waals surface area contributed by atoms with E-state index in [1.807, 2.05) is 0 Å². The standard InChI is InChI=1S/C9H13FN4/c10-7-4-12-8(13-5-7)14-9(6-11)2-1-3-9/h4-5H,1-3,6,11H2,(H,12,13,14). The first-order valence-corrected chi connectivity index (χ1v) is 4.70. The van der Waals surface area contributed by atoms with Crippen molar-refractivity contribution >= 4 is 5.95 Å². The van der Waals surface area contributed by atoms with Crippen molar-refractivity contribution in [3.63, 3.8) is 0 Å². The van der Waals surface area contributed by atoms with Crippen LogP contribution < -0.4 is 11.1 Å². The molecule has 1 fully saturated rings. The summed E-state index contributed by atoms with van der Waals surface area (Å²) < 4.78 is 12.5. The summed E-state index contributed by atoms with van der Waals surface area (Å²) in [7, 11) is 0. The molecule has 0 spiro atoms. The molecule has 0 amide bonds. The molecule has 5 heteroatoms. The summed E-state index contributed by atoms with van der Waals surface area (Å²) in [6.45, 7) is 0.563. The molecule has 1 heterocycles. The van der Waals surface area contributed by atoms with Crippen molar-refractivity contribution in [3.05, 3.63) is 18.2 Å². The summed E-state index contributed by atoms with van der Waals surface area (Å²) in [4.78, 5) is 7.68. The molecule has 14 heavy (non-hydrogen) atoms. The second kappa shape index (κ2) is 3.49. The lowest BCUT2D eigenvalue weighted by molar-refractivity contribution is 0.285. The van der Waals surface area contributed by atoms with Gasteiger partial charge in [-0.3, -0.25) is 0 Å².